The summed E-state index contributed by atoms with van der Waals surface area (Å²) in [6.07, 6.45) is 0. The predicted molar refractivity (Wildman–Crippen MR) is 339 cm³/mol. The molecule has 14 aromatic rings. The Kier molecular flexibility index (Phi) is 11.5. The Morgan fingerprint density at radius 2 is 0.550 bits per heavy atom. The van der Waals surface area contributed by atoms with Crippen LogP contribution in [0.2, 0.25) is 0 Å². The summed E-state index contributed by atoms with van der Waals surface area (Å²) in [5, 5.41) is 5.01. The SMILES string of the molecule is c1ccc(N(c2ccccc2)c2ccc3c(c2)c2c4c(ccc2n3-c2ccc(-c3ccc(-n5c6ccc(N(c7ccccc7)c7ccccc7)cc6c6c7c(ccc65)Sc5ccccc5S7)cc3)cc2)Sc2ccccc2S4)cc1. The van der Waals surface area contributed by atoms with Crippen LogP contribution in [0, 0.1) is 0 Å². The van der Waals surface area contributed by atoms with Crippen molar-refractivity contribution in [3.63, 3.8) is 0 Å². The number of aromatic nitrogens is 2. The summed E-state index contributed by atoms with van der Waals surface area (Å²) in [5.41, 5.74) is 16.0. The lowest BCUT2D eigenvalue weighted by Gasteiger charge is -2.25. The molecule has 4 heterocycles. The van der Waals surface area contributed by atoms with E-state index in [9.17, 15) is 0 Å². The molecule has 0 aliphatic carbocycles. The van der Waals surface area contributed by atoms with Gasteiger partial charge >= 0.3 is 0 Å². The van der Waals surface area contributed by atoms with Crippen LogP contribution < -0.4 is 9.80 Å². The molecule has 2 aliphatic rings. The number of hydrogen-bond acceptors (Lipinski definition) is 6. The van der Waals surface area contributed by atoms with E-state index >= 15 is 0 Å². The minimum Gasteiger partial charge on any atom is -0.310 e. The quantitative estimate of drug-likeness (QED) is 0.142. The van der Waals surface area contributed by atoms with Gasteiger partial charge in [0.1, 0.15) is 0 Å². The van der Waals surface area contributed by atoms with Crippen molar-refractivity contribution in [2.45, 2.75) is 39.2 Å². The van der Waals surface area contributed by atoms with Crippen molar-refractivity contribution in [2.24, 2.45) is 0 Å². The molecule has 0 saturated heterocycles. The van der Waals surface area contributed by atoms with Gasteiger partial charge in [-0.15, -0.1) is 0 Å². The maximum absolute atomic E-state index is 2.46. The van der Waals surface area contributed by atoms with Gasteiger partial charge in [-0.3, -0.25) is 0 Å². The molecular formula is C72H46N4S4. The van der Waals surface area contributed by atoms with Gasteiger partial charge in [-0.2, -0.15) is 0 Å². The molecule has 2 aliphatic heterocycles. The van der Waals surface area contributed by atoms with Crippen LogP contribution in [-0.2, 0) is 0 Å². The number of para-hydroxylation sites is 4. The van der Waals surface area contributed by atoms with Crippen LogP contribution in [-0.4, -0.2) is 9.13 Å². The molecule has 378 valence electrons. The summed E-state index contributed by atoms with van der Waals surface area (Å²) < 4.78 is 4.92. The summed E-state index contributed by atoms with van der Waals surface area (Å²) >= 11 is 7.53. The molecule has 0 amide bonds. The molecule has 0 radical (unpaired) electrons. The van der Waals surface area contributed by atoms with Gasteiger partial charge in [0.15, 0.2) is 0 Å². The van der Waals surface area contributed by atoms with E-state index < -0.39 is 0 Å². The van der Waals surface area contributed by atoms with E-state index in [1.54, 1.807) is 0 Å². The molecule has 0 atom stereocenters. The van der Waals surface area contributed by atoms with Crippen LogP contribution in [0.4, 0.5) is 34.1 Å². The number of nitrogens with zero attached hydrogens (tertiary/aromatic N) is 4. The zero-order valence-electron chi connectivity index (χ0n) is 43.0. The van der Waals surface area contributed by atoms with Crippen molar-refractivity contribution in [1.29, 1.82) is 0 Å². The predicted octanol–water partition coefficient (Wildman–Crippen LogP) is 21.7. The molecule has 80 heavy (non-hydrogen) atoms. The van der Waals surface area contributed by atoms with E-state index in [4.69, 9.17) is 0 Å². The molecular weight excluding hydrogens is 1050 g/mol. The molecule has 0 fully saturated rings. The first kappa shape index (κ1) is 47.3. The molecule has 2 aromatic heterocycles. The second kappa shape index (κ2) is 19.6. The lowest BCUT2D eigenvalue weighted by Crippen LogP contribution is -2.09. The Hall–Kier alpha value is -8.76. The fraction of sp³-hybridized carbons (Fsp3) is 0. The van der Waals surface area contributed by atoms with E-state index in [2.05, 4.69) is 298 Å². The molecule has 0 unspecified atom stereocenters. The molecule has 12 aromatic carbocycles. The largest absolute Gasteiger partial charge is 0.310 e. The molecule has 0 bridgehead atoms. The first-order valence-electron chi connectivity index (χ1n) is 26.8. The van der Waals surface area contributed by atoms with Crippen molar-refractivity contribution >= 4 is 125 Å². The highest BCUT2D eigenvalue weighted by Gasteiger charge is 2.27. The second-order valence-electron chi connectivity index (χ2n) is 20.1. The van der Waals surface area contributed by atoms with Crippen LogP contribution in [0.25, 0.3) is 66.1 Å². The van der Waals surface area contributed by atoms with E-state index in [0.29, 0.717) is 0 Å². The topological polar surface area (TPSA) is 16.3 Å². The highest BCUT2D eigenvalue weighted by molar-refractivity contribution is 8.05. The van der Waals surface area contributed by atoms with Crippen molar-refractivity contribution in [1.82, 2.24) is 9.13 Å². The van der Waals surface area contributed by atoms with Gasteiger partial charge in [-0.1, -0.05) is 168 Å². The van der Waals surface area contributed by atoms with E-state index in [1.807, 2.05) is 47.0 Å². The Balaban J connectivity index is 0.800. The fourth-order valence-corrected chi connectivity index (χ4v) is 16.6. The van der Waals surface area contributed by atoms with Gasteiger partial charge in [0.05, 0.1) is 22.1 Å². The third kappa shape index (κ3) is 7.96. The van der Waals surface area contributed by atoms with E-state index in [0.717, 1.165) is 45.5 Å². The van der Waals surface area contributed by atoms with Gasteiger partial charge in [0.2, 0.25) is 0 Å². The molecule has 16 rings (SSSR count). The monoisotopic (exact) mass is 1090 g/mol. The zero-order valence-corrected chi connectivity index (χ0v) is 46.2. The minimum atomic E-state index is 1.12. The zero-order chi connectivity index (χ0) is 52.7. The van der Waals surface area contributed by atoms with E-state index in [-0.39, 0.29) is 0 Å². The minimum absolute atomic E-state index is 1.12. The van der Waals surface area contributed by atoms with Gasteiger partial charge in [-0.05, 0) is 169 Å². The lowest BCUT2D eigenvalue weighted by atomic mass is 10.0. The Morgan fingerprint density at radius 3 is 0.900 bits per heavy atom. The Labute approximate surface area is 481 Å². The van der Waals surface area contributed by atoms with Crippen molar-refractivity contribution in [3.05, 3.63) is 279 Å². The standard InChI is InChI=1S/C72H46N4S4/c1-5-17-49(18-6-1)73(50-19-7-2-8-20-50)55-37-39-59-57(45-55)69-61(41-43-67-71(69)79-65-27-15-13-25-63(65)77-67)75(59)53-33-29-47(30-34-53)48-31-35-54(36-32-48)76-60-40-38-56(74(51-21-9-3-10-22-51)52-23-11-4-12-24-52)46-58(60)70-62(76)42-44-68-72(70)80-66-28-16-14-26-64(66)78-68/h1-46H. The van der Waals surface area contributed by atoms with Crippen molar-refractivity contribution in [2.75, 3.05) is 9.80 Å². The summed E-state index contributed by atoms with van der Waals surface area (Å²) in [6, 6.07) is 102. The lowest BCUT2D eigenvalue weighted by molar-refractivity contribution is 1.15. The molecule has 8 heteroatoms. The maximum atomic E-state index is 2.46. The summed E-state index contributed by atoms with van der Waals surface area (Å²) in [6.45, 7) is 0. The van der Waals surface area contributed by atoms with Gasteiger partial charge in [0, 0.05) is 106 Å². The van der Waals surface area contributed by atoms with Crippen LogP contribution in [0.5, 0.6) is 0 Å². The highest BCUT2D eigenvalue weighted by atomic mass is 32.2. The third-order valence-corrected chi connectivity index (χ3v) is 20.6. The normalized spacial score (nSPS) is 12.6. The average molecular weight is 1100 g/mol. The summed E-state index contributed by atoms with van der Waals surface area (Å²) in [4.78, 5) is 15.1. The van der Waals surface area contributed by atoms with Crippen molar-refractivity contribution in [3.8, 4) is 22.5 Å². The molecule has 4 nitrogen and oxygen atoms in total. The van der Waals surface area contributed by atoms with Crippen LogP contribution >= 0.6 is 47.0 Å². The first-order valence-corrected chi connectivity index (χ1v) is 30.1. The van der Waals surface area contributed by atoms with E-state index in [1.165, 1.54) is 93.9 Å². The smallest absolute Gasteiger partial charge is 0.0553 e. The van der Waals surface area contributed by atoms with Crippen LogP contribution in [0.1, 0.15) is 0 Å². The number of fused-ring (bicyclic) bond motifs is 12. The average Bonchev–Trinajstić information content (AvgIpc) is 4.18. The van der Waals surface area contributed by atoms with Gasteiger partial charge < -0.3 is 18.9 Å². The number of benzene rings is 12. The van der Waals surface area contributed by atoms with Gasteiger partial charge in [-0.25, -0.2) is 0 Å². The summed E-state index contributed by atoms with van der Waals surface area (Å²) in [5.74, 6) is 0. The van der Waals surface area contributed by atoms with Gasteiger partial charge in [0.25, 0.3) is 0 Å². The van der Waals surface area contributed by atoms with Crippen LogP contribution in [0.15, 0.2) is 318 Å². The molecule has 0 spiro atoms. The third-order valence-electron chi connectivity index (χ3n) is 15.4. The number of anilines is 6. The highest BCUT2D eigenvalue weighted by Crippen LogP contribution is 2.55. The fourth-order valence-electron chi connectivity index (χ4n) is 11.8. The Morgan fingerprint density at radius 1 is 0.237 bits per heavy atom. The number of hydrogen-bond donors (Lipinski definition) is 0. The number of rotatable bonds is 9. The Bertz CT molecular complexity index is 4310. The first-order chi connectivity index (χ1) is 39.7. The molecule has 0 saturated carbocycles. The van der Waals surface area contributed by atoms with Crippen molar-refractivity contribution < 1.29 is 0 Å². The summed E-state index contributed by atoms with van der Waals surface area (Å²) in [7, 11) is 0. The maximum Gasteiger partial charge on any atom is 0.0553 e. The van der Waals surface area contributed by atoms with Crippen LogP contribution in [0.3, 0.4) is 0 Å². The molecule has 0 N–H and O–H groups in total. The second-order valence-corrected chi connectivity index (χ2v) is 24.3.